The summed E-state index contributed by atoms with van der Waals surface area (Å²) in [6, 6.07) is 0. The van der Waals surface area contributed by atoms with Crippen molar-refractivity contribution in [3.05, 3.63) is 22.3 Å². The molecule has 0 aromatic carbocycles. The lowest BCUT2D eigenvalue weighted by molar-refractivity contribution is -0.325. The van der Waals surface area contributed by atoms with E-state index in [1.165, 1.54) is 7.05 Å². The number of pyridine rings is 1. The van der Waals surface area contributed by atoms with Crippen LogP contribution in [0.4, 0.5) is 30.7 Å². The summed E-state index contributed by atoms with van der Waals surface area (Å²) in [4.78, 5) is 17.5. The van der Waals surface area contributed by atoms with Gasteiger partial charge in [0, 0.05) is 32.1 Å². The molecule has 14 heteroatoms. The molecule has 2 aromatic heterocycles. The molecule has 0 unspecified atom stereocenters. The van der Waals surface area contributed by atoms with Gasteiger partial charge in [0.05, 0.1) is 22.4 Å². The fourth-order valence-electron chi connectivity index (χ4n) is 3.32. The zero-order chi connectivity index (χ0) is 23.7. The lowest BCUT2D eigenvalue weighted by Crippen LogP contribution is -2.40. The van der Waals surface area contributed by atoms with Gasteiger partial charge in [0.25, 0.3) is 11.8 Å². The van der Waals surface area contributed by atoms with Crippen molar-refractivity contribution in [2.75, 3.05) is 33.3 Å². The number of rotatable bonds is 6. The molecule has 0 radical (unpaired) electrons. The summed E-state index contributed by atoms with van der Waals surface area (Å²) in [7, 11) is 1.30. The number of nitrogens with zero attached hydrogens (tertiary/aromatic N) is 2. The predicted octanol–water partition coefficient (Wildman–Crippen LogP) is 4.19. The molecule has 1 aliphatic heterocycles. The molecular weight excluding hydrogens is 471 g/mol. The van der Waals surface area contributed by atoms with Gasteiger partial charge >= 0.3 is 12.5 Å². The van der Waals surface area contributed by atoms with Crippen LogP contribution < -0.4 is 10.1 Å². The summed E-state index contributed by atoms with van der Waals surface area (Å²) in [5.74, 6) is -3.22. The second-order valence-corrected chi connectivity index (χ2v) is 7.84. The number of halogens is 7. The zero-order valence-electron chi connectivity index (χ0n) is 16.6. The maximum Gasteiger partial charge on any atom is 0.522 e. The van der Waals surface area contributed by atoms with E-state index in [-0.39, 0.29) is 43.6 Å². The molecule has 2 aromatic rings. The number of carbonyl (C=O) groups is 1. The second-order valence-electron chi connectivity index (χ2n) is 6.96. The summed E-state index contributed by atoms with van der Waals surface area (Å²) in [6.45, 7) is 0.0122. The fourth-order valence-corrected chi connectivity index (χ4v) is 4.37. The van der Waals surface area contributed by atoms with Crippen LogP contribution >= 0.6 is 11.3 Å². The van der Waals surface area contributed by atoms with Gasteiger partial charge in [-0.3, -0.25) is 9.53 Å². The Morgan fingerprint density at radius 1 is 1.25 bits per heavy atom. The van der Waals surface area contributed by atoms with Gasteiger partial charge in [0.2, 0.25) is 0 Å². The van der Waals surface area contributed by atoms with E-state index in [1.807, 2.05) is 0 Å². The highest BCUT2D eigenvalue weighted by Gasteiger charge is 2.40. The van der Waals surface area contributed by atoms with Crippen LogP contribution in [0.3, 0.4) is 0 Å². The van der Waals surface area contributed by atoms with Gasteiger partial charge in [-0.15, -0.1) is 24.5 Å². The molecule has 32 heavy (non-hydrogen) atoms. The van der Waals surface area contributed by atoms with Crippen molar-refractivity contribution < 1.29 is 45.0 Å². The van der Waals surface area contributed by atoms with Gasteiger partial charge in [-0.25, -0.2) is 9.37 Å². The summed E-state index contributed by atoms with van der Waals surface area (Å²) in [5.41, 5.74) is -2.01. The molecule has 0 atom stereocenters. The normalized spacial score (nSPS) is 16.5. The Bertz CT molecular complexity index is 969. The quantitative estimate of drug-likeness (QED) is 0.617. The highest BCUT2D eigenvalue weighted by Crippen LogP contribution is 2.42. The Morgan fingerprint density at radius 3 is 2.47 bits per heavy atom. The third-order valence-corrected chi connectivity index (χ3v) is 5.84. The van der Waals surface area contributed by atoms with Gasteiger partial charge in [-0.1, -0.05) is 0 Å². The minimum atomic E-state index is -5.05. The zero-order valence-corrected chi connectivity index (χ0v) is 17.4. The van der Waals surface area contributed by atoms with E-state index in [0.717, 1.165) is 5.38 Å². The van der Waals surface area contributed by atoms with E-state index < -0.39 is 53.1 Å². The largest absolute Gasteiger partial charge is 0.522 e. The number of carbonyl (C=O) groups excluding carboxylic acids is 1. The fraction of sp³-hybridized carbons (Fsp3) is 0.556. The van der Waals surface area contributed by atoms with Crippen LogP contribution in [-0.2, 0) is 10.9 Å². The number of alkyl halides is 6. The van der Waals surface area contributed by atoms with E-state index in [4.69, 9.17) is 4.74 Å². The molecule has 0 aliphatic carbocycles. The molecule has 0 spiro atoms. The molecule has 3 rings (SSSR count). The first-order valence-electron chi connectivity index (χ1n) is 9.40. The van der Waals surface area contributed by atoms with Crippen molar-refractivity contribution in [2.24, 2.45) is 0 Å². The van der Waals surface area contributed by atoms with Crippen LogP contribution in [0.15, 0.2) is 5.38 Å². The lowest BCUT2D eigenvalue weighted by Gasteiger charge is -2.32. The second kappa shape index (κ2) is 9.35. The maximum atomic E-state index is 14.8. The van der Waals surface area contributed by atoms with E-state index >= 15 is 0 Å². The number of hydrogen-bond donors (Lipinski definition) is 1. The van der Waals surface area contributed by atoms with Crippen LogP contribution in [0, 0.1) is 5.82 Å². The first kappa shape index (κ1) is 24.5. The molecule has 1 fully saturated rings. The Hall–Kier alpha value is -2.19. The van der Waals surface area contributed by atoms with Gasteiger partial charge in [-0.2, -0.15) is 13.2 Å². The number of aromatic nitrogens is 1. The molecule has 1 saturated heterocycles. The Morgan fingerprint density at radius 2 is 1.91 bits per heavy atom. The van der Waals surface area contributed by atoms with E-state index in [9.17, 15) is 35.5 Å². The highest BCUT2D eigenvalue weighted by atomic mass is 32.1. The SMILES string of the molecule is CNC(=O)c1csc2c(C(F)(F)F)c(F)c(OC3CCN(CCOC(F)(F)F)CC3)nc12. The third kappa shape index (κ3) is 5.59. The standard InChI is InChI=1S/C18H18F7N3O3S/c1-26-15(29)10-8-32-14-11(17(20,21)22)12(19)16(27-13(10)14)31-9-2-4-28(5-3-9)6-7-30-18(23,24)25/h8-9H,2-7H2,1H3,(H,26,29). The summed E-state index contributed by atoms with van der Waals surface area (Å²) < 4.78 is 100. The Kier molecular flexibility index (Phi) is 7.15. The molecule has 1 aliphatic rings. The molecule has 1 amide bonds. The molecule has 3 heterocycles. The lowest BCUT2D eigenvalue weighted by atomic mass is 10.1. The Labute approximate surface area is 181 Å². The third-order valence-electron chi connectivity index (χ3n) is 4.85. The average Bonchev–Trinajstić information content (AvgIpc) is 3.10. The molecule has 0 bridgehead atoms. The van der Waals surface area contributed by atoms with Crippen molar-refractivity contribution in [1.82, 2.24) is 15.2 Å². The summed E-state index contributed by atoms with van der Waals surface area (Å²) in [5, 5.41) is 3.45. The van der Waals surface area contributed by atoms with E-state index in [0.29, 0.717) is 11.3 Å². The maximum absolute atomic E-state index is 14.8. The van der Waals surface area contributed by atoms with Gasteiger partial charge in [-0.05, 0) is 12.8 Å². The summed E-state index contributed by atoms with van der Waals surface area (Å²) >= 11 is 0.552. The number of ether oxygens (including phenoxy) is 2. The van der Waals surface area contributed by atoms with Crippen LogP contribution in [0.5, 0.6) is 5.88 Å². The highest BCUT2D eigenvalue weighted by molar-refractivity contribution is 7.17. The molecule has 1 N–H and O–H groups in total. The van der Waals surface area contributed by atoms with E-state index in [2.05, 4.69) is 15.0 Å². The smallest absolute Gasteiger partial charge is 0.472 e. The monoisotopic (exact) mass is 489 g/mol. The number of piperidine rings is 1. The number of amides is 1. The number of fused-ring (bicyclic) bond motifs is 1. The molecule has 178 valence electrons. The van der Waals surface area contributed by atoms with Crippen molar-refractivity contribution in [1.29, 1.82) is 0 Å². The van der Waals surface area contributed by atoms with Crippen molar-refractivity contribution in [3.8, 4) is 5.88 Å². The predicted molar refractivity (Wildman–Crippen MR) is 100 cm³/mol. The average molecular weight is 489 g/mol. The first-order chi connectivity index (χ1) is 14.9. The van der Waals surface area contributed by atoms with Crippen molar-refractivity contribution in [2.45, 2.75) is 31.5 Å². The topological polar surface area (TPSA) is 63.7 Å². The van der Waals surface area contributed by atoms with Crippen LogP contribution in [-0.4, -0.2) is 61.5 Å². The first-order valence-corrected chi connectivity index (χ1v) is 10.3. The van der Waals surface area contributed by atoms with Gasteiger partial charge in [0.1, 0.15) is 11.7 Å². The molecule has 0 saturated carbocycles. The number of nitrogens with one attached hydrogen (secondary N) is 1. The van der Waals surface area contributed by atoms with Crippen molar-refractivity contribution >= 4 is 27.5 Å². The summed E-state index contributed by atoms with van der Waals surface area (Å²) in [6.07, 6.45) is -10.0. The van der Waals surface area contributed by atoms with Crippen LogP contribution in [0.1, 0.15) is 28.8 Å². The van der Waals surface area contributed by atoms with E-state index in [1.54, 1.807) is 4.90 Å². The van der Waals surface area contributed by atoms with Crippen molar-refractivity contribution in [3.63, 3.8) is 0 Å². The molecular formula is C18H18F7N3O3S. The van der Waals surface area contributed by atoms with Crippen LogP contribution in [0.25, 0.3) is 10.2 Å². The number of thiophene rings is 1. The Balaban J connectivity index is 1.78. The molecule has 6 nitrogen and oxygen atoms in total. The number of likely N-dealkylation sites (tertiary alicyclic amines) is 1. The van der Waals surface area contributed by atoms with Gasteiger partial charge < -0.3 is 15.0 Å². The number of hydrogen-bond acceptors (Lipinski definition) is 6. The van der Waals surface area contributed by atoms with Crippen LogP contribution in [0.2, 0.25) is 0 Å². The minimum Gasteiger partial charge on any atom is -0.472 e. The minimum absolute atomic E-state index is 0.00736. The van der Waals surface area contributed by atoms with Gasteiger partial charge in [0.15, 0.2) is 5.82 Å².